The van der Waals surface area contributed by atoms with Crippen molar-refractivity contribution < 1.29 is 18.3 Å². The smallest absolute Gasteiger partial charge is 0.346 e. The van der Waals surface area contributed by atoms with Gasteiger partial charge in [0.05, 0.1) is 25.0 Å². The number of ether oxygens (including phenoxy) is 2. The van der Waals surface area contributed by atoms with E-state index < -0.39 is 17.2 Å². The van der Waals surface area contributed by atoms with E-state index >= 15 is 0 Å². The van der Waals surface area contributed by atoms with E-state index in [9.17, 15) is 9.59 Å². The van der Waals surface area contributed by atoms with E-state index in [1.807, 2.05) is 6.92 Å². The fraction of sp³-hybridized carbons (Fsp3) is 0.238. The second-order valence-corrected chi connectivity index (χ2v) is 6.35. The second kappa shape index (κ2) is 7.38. The average Bonchev–Trinajstić information content (AvgIpc) is 2.73. The molecular formula is C21H18N2O6. The lowest BCUT2D eigenvalue weighted by atomic mass is 10.1. The molecule has 2 aromatic carbocycles. The highest BCUT2D eigenvalue weighted by Gasteiger charge is 2.25. The van der Waals surface area contributed by atoms with Gasteiger partial charge in [0.25, 0.3) is 0 Å². The molecule has 0 bridgehead atoms. The quantitative estimate of drug-likeness (QED) is 0.508. The first-order chi connectivity index (χ1) is 14.1. The van der Waals surface area contributed by atoms with Crippen molar-refractivity contribution >= 4 is 21.8 Å². The number of hydrogen-bond acceptors (Lipinski definition) is 8. The van der Waals surface area contributed by atoms with E-state index in [4.69, 9.17) is 18.3 Å². The Bertz CT molecular complexity index is 1220. The lowest BCUT2D eigenvalue weighted by Crippen LogP contribution is -2.14. The van der Waals surface area contributed by atoms with Crippen LogP contribution in [0.25, 0.3) is 21.8 Å². The third-order valence-corrected chi connectivity index (χ3v) is 4.72. The number of aromatic nitrogens is 2. The molecule has 0 spiro atoms. The topological polar surface area (TPSA) is 105 Å². The minimum absolute atomic E-state index is 0.0967. The predicted molar refractivity (Wildman–Crippen MR) is 106 cm³/mol. The zero-order chi connectivity index (χ0) is 20.5. The van der Waals surface area contributed by atoms with Crippen LogP contribution in [0.15, 0.2) is 54.8 Å². The van der Waals surface area contributed by atoms with Crippen molar-refractivity contribution in [1.29, 1.82) is 0 Å². The van der Waals surface area contributed by atoms with Crippen LogP contribution in [0.3, 0.4) is 0 Å². The summed E-state index contributed by atoms with van der Waals surface area (Å²) in [5.41, 5.74) is -0.355. The fourth-order valence-electron chi connectivity index (χ4n) is 3.25. The van der Waals surface area contributed by atoms with Crippen molar-refractivity contribution in [2.45, 2.75) is 19.3 Å². The minimum atomic E-state index is -0.640. The molecule has 0 radical (unpaired) electrons. The van der Waals surface area contributed by atoms with Gasteiger partial charge in [0.15, 0.2) is 0 Å². The van der Waals surface area contributed by atoms with E-state index in [0.717, 1.165) is 0 Å². The van der Waals surface area contributed by atoms with Crippen LogP contribution in [0.4, 0.5) is 0 Å². The summed E-state index contributed by atoms with van der Waals surface area (Å²) in [5.74, 6) is 0.444. The summed E-state index contributed by atoms with van der Waals surface area (Å²) >= 11 is 0. The third kappa shape index (κ3) is 3.12. The van der Waals surface area contributed by atoms with Gasteiger partial charge in [-0.1, -0.05) is 19.1 Å². The SMILES string of the molecule is CCC(c1nc2c(OC)cccc2c(=O)o1)c1nc2c(OC)cccc2c(=O)o1. The molecule has 0 saturated carbocycles. The van der Waals surface area contributed by atoms with Crippen molar-refractivity contribution in [3.63, 3.8) is 0 Å². The molecule has 0 fully saturated rings. The highest BCUT2D eigenvalue weighted by Crippen LogP contribution is 2.30. The largest absolute Gasteiger partial charge is 0.494 e. The van der Waals surface area contributed by atoms with E-state index in [0.29, 0.717) is 39.7 Å². The van der Waals surface area contributed by atoms with Gasteiger partial charge in [0.2, 0.25) is 11.8 Å². The van der Waals surface area contributed by atoms with Gasteiger partial charge in [0.1, 0.15) is 28.5 Å². The van der Waals surface area contributed by atoms with Gasteiger partial charge < -0.3 is 18.3 Å². The Morgan fingerprint density at radius 1 is 0.828 bits per heavy atom. The first-order valence-electron chi connectivity index (χ1n) is 9.02. The first-order valence-corrected chi connectivity index (χ1v) is 9.02. The number of hydrogen-bond donors (Lipinski definition) is 0. The number of methoxy groups -OCH3 is 2. The van der Waals surface area contributed by atoms with Gasteiger partial charge in [-0.25, -0.2) is 19.6 Å². The molecule has 0 aliphatic carbocycles. The summed E-state index contributed by atoms with van der Waals surface area (Å²) < 4.78 is 21.5. The molecule has 8 nitrogen and oxygen atoms in total. The summed E-state index contributed by atoms with van der Waals surface area (Å²) in [5, 5.41) is 0.607. The van der Waals surface area contributed by atoms with Crippen LogP contribution in [0.1, 0.15) is 31.0 Å². The van der Waals surface area contributed by atoms with Crippen molar-refractivity contribution in [1.82, 2.24) is 9.97 Å². The van der Waals surface area contributed by atoms with Gasteiger partial charge in [-0.2, -0.15) is 0 Å². The van der Waals surface area contributed by atoms with E-state index in [1.54, 1.807) is 36.4 Å². The Morgan fingerprint density at radius 3 is 1.66 bits per heavy atom. The van der Waals surface area contributed by atoms with Gasteiger partial charge in [-0.05, 0) is 30.7 Å². The number of rotatable bonds is 5. The highest BCUT2D eigenvalue weighted by molar-refractivity contribution is 5.84. The Kier molecular flexibility index (Phi) is 4.75. The second-order valence-electron chi connectivity index (χ2n) is 6.35. The molecular weight excluding hydrogens is 376 g/mol. The van der Waals surface area contributed by atoms with Gasteiger partial charge in [-0.3, -0.25) is 0 Å². The fourth-order valence-corrected chi connectivity index (χ4v) is 3.25. The molecule has 0 unspecified atom stereocenters. The molecule has 2 aromatic heterocycles. The first kappa shape index (κ1) is 18.7. The van der Waals surface area contributed by atoms with Crippen LogP contribution in [0.5, 0.6) is 11.5 Å². The van der Waals surface area contributed by atoms with Gasteiger partial charge >= 0.3 is 11.3 Å². The Morgan fingerprint density at radius 2 is 1.28 bits per heavy atom. The summed E-state index contributed by atoms with van der Waals surface area (Å²) in [4.78, 5) is 34.0. The van der Waals surface area contributed by atoms with Crippen LogP contribution in [0, 0.1) is 0 Å². The Labute approximate surface area is 164 Å². The molecule has 148 valence electrons. The van der Waals surface area contributed by atoms with Gasteiger partial charge in [-0.15, -0.1) is 0 Å². The Hall–Kier alpha value is -3.68. The van der Waals surface area contributed by atoms with Crippen LogP contribution in [-0.2, 0) is 0 Å². The molecule has 0 saturated heterocycles. The molecule has 0 amide bonds. The number of nitrogens with zero attached hydrogens (tertiary/aromatic N) is 2. The summed E-state index contributed by atoms with van der Waals surface area (Å²) in [6, 6.07) is 10.0. The molecule has 4 aromatic rings. The lowest BCUT2D eigenvalue weighted by Gasteiger charge is -2.13. The van der Waals surface area contributed by atoms with Crippen LogP contribution >= 0.6 is 0 Å². The van der Waals surface area contributed by atoms with E-state index in [2.05, 4.69) is 9.97 Å². The zero-order valence-corrected chi connectivity index (χ0v) is 16.1. The minimum Gasteiger partial charge on any atom is -0.494 e. The average molecular weight is 394 g/mol. The molecule has 8 heteroatoms. The number of fused-ring (bicyclic) bond motifs is 2. The highest BCUT2D eigenvalue weighted by atomic mass is 16.5. The van der Waals surface area contributed by atoms with Gasteiger partial charge in [0, 0.05) is 0 Å². The summed E-state index contributed by atoms with van der Waals surface area (Å²) in [7, 11) is 3.00. The maximum absolute atomic E-state index is 12.5. The normalized spacial score (nSPS) is 11.3. The van der Waals surface area contributed by atoms with Crippen LogP contribution in [-0.4, -0.2) is 24.2 Å². The molecule has 0 atom stereocenters. The van der Waals surface area contributed by atoms with Crippen LogP contribution in [0.2, 0.25) is 0 Å². The Balaban J connectivity index is 1.95. The standard InChI is InChI=1S/C21H18N2O6/c1-4-11(18-22-16-12(20(24)28-18)7-5-9-14(16)26-2)19-23-17-13(21(25)29-19)8-6-10-15(17)27-3/h5-11H,4H2,1-3H3. The summed E-state index contributed by atoms with van der Waals surface area (Å²) in [6.45, 7) is 1.85. The van der Waals surface area contributed by atoms with Crippen molar-refractivity contribution in [3.05, 3.63) is 69.0 Å². The predicted octanol–water partition coefficient (Wildman–Crippen LogP) is 3.25. The van der Waals surface area contributed by atoms with Crippen LogP contribution < -0.4 is 20.7 Å². The number of para-hydroxylation sites is 2. The summed E-state index contributed by atoms with van der Waals surface area (Å²) in [6.07, 6.45) is 0.438. The maximum Gasteiger partial charge on any atom is 0.346 e. The van der Waals surface area contributed by atoms with E-state index in [-0.39, 0.29) is 11.8 Å². The molecule has 0 aliphatic rings. The molecule has 0 N–H and O–H groups in total. The molecule has 29 heavy (non-hydrogen) atoms. The molecule has 4 rings (SSSR count). The third-order valence-electron chi connectivity index (χ3n) is 4.72. The lowest BCUT2D eigenvalue weighted by molar-refractivity contribution is 0.356. The monoisotopic (exact) mass is 394 g/mol. The molecule has 2 heterocycles. The maximum atomic E-state index is 12.5. The zero-order valence-electron chi connectivity index (χ0n) is 16.1. The van der Waals surface area contributed by atoms with E-state index in [1.165, 1.54) is 14.2 Å². The van der Waals surface area contributed by atoms with Crippen molar-refractivity contribution in [3.8, 4) is 11.5 Å². The molecule has 0 aliphatic heterocycles. The number of benzene rings is 2. The van der Waals surface area contributed by atoms with Crippen molar-refractivity contribution in [2.24, 2.45) is 0 Å². The van der Waals surface area contributed by atoms with Crippen molar-refractivity contribution in [2.75, 3.05) is 14.2 Å².